The molecule has 0 aliphatic carbocycles. The summed E-state index contributed by atoms with van der Waals surface area (Å²) in [5.41, 5.74) is 11.0. The number of nitrogens with zero attached hydrogens (tertiary/aromatic N) is 3. The zero-order valence-electron chi connectivity index (χ0n) is 18.0. The van der Waals surface area contributed by atoms with E-state index in [9.17, 15) is 0 Å². The molecule has 8 bridgehead atoms. The van der Waals surface area contributed by atoms with E-state index in [4.69, 9.17) is 4.98 Å². The van der Waals surface area contributed by atoms with Gasteiger partial charge in [-0.3, -0.25) is 10.1 Å². The van der Waals surface area contributed by atoms with Crippen molar-refractivity contribution in [1.29, 1.82) is 0 Å². The number of benzene rings is 3. The minimum absolute atomic E-state index is 0.771. The standard InChI is InChI=1S/C28H21N5/c1-4-17-5-2-7-20(12-17)22-8-3-9-25-26(22)31-28(30-25)27-23-14-19(10-11-24(23)32-33-27)21-13-18(6-1)15-29-16-21/h2-3,5,7-16H,1,4,6H2,(H,30,31)(H,32,33). The number of para-hydroxylation sites is 1. The van der Waals surface area contributed by atoms with E-state index in [1.54, 1.807) is 0 Å². The molecular formula is C28H21N5. The molecule has 7 rings (SSSR count). The lowest BCUT2D eigenvalue weighted by molar-refractivity contribution is 0.817. The Morgan fingerprint density at radius 1 is 0.727 bits per heavy atom. The van der Waals surface area contributed by atoms with E-state index < -0.39 is 0 Å². The predicted octanol–water partition coefficient (Wildman–Crippen LogP) is 6.32. The summed E-state index contributed by atoms with van der Waals surface area (Å²) in [6.45, 7) is 0. The van der Waals surface area contributed by atoms with E-state index in [1.165, 1.54) is 16.7 Å². The second-order valence-corrected chi connectivity index (χ2v) is 8.76. The van der Waals surface area contributed by atoms with E-state index in [0.717, 1.165) is 69.4 Å². The Balaban J connectivity index is 1.51. The predicted molar refractivity (Wildman–Crippen MR) is 132 cm³/mol. The van der Waals surface area contributed by atoms with E-state index in [-0.39, 0.29) is 0 Å². The van der Waals surface area contributed by atoms with Crippen molar-refractivity contribution in [2.24, 2.45) is 0 Å². The van der Waals surface area contributed by atoms with E-state index in [1.807, 2.05) is 12.4 Å². The average Bonchev–Trinajstić information content (AvgIpc) is 3.47. The summed E-state index contributed by atoms with van der Waals surface area (Å²) in [6, 6.07) is 23.8. The Morgan fingerprint density at radius 3 is 2.64 bits per heavy atom. The number of nitrogens with one attached hydrogen (secondary N) is 2. The number of aromatic nitrogens is 5. The van der Waals surface area contributed by atoms with E-state index >= 15 is 0 Å². The maximum atomic E-state index is 5.02. The van der Waals surface area contributed by atoms with Gasteiger partial charge in [-0.1, -0.05) is 42.5 Å². The molecule has 0 spiro atoms. The van der Waals surface area contributed by atoms with Crippen LogP contribution in [0.25, 0.3) is 55.7 Å². The van der Waals surface area contributed by atoms with Gasteiger partial charge in [0.05, 0.1) is 16.6 Å². The third kappa shape index (κ3) is 3.04. The topological polar surface area (TPSA) is 70.2 Å². The summed E-state index contributed by atoms with van der Waals surface area (Å²) in [5.74, 6) is 0.771. The zero-order chi connectivity index (χ0) is 21.8. The second-order valence-electron chi connectivity index (χ2n) is 8.76. The number of hydrogen-bond acceptors (Lipinski definition) is 3. The highest BCUT2D eigenvalue weighted by Gasteiger charge is 2.16. The SMILES string of the molecule is c1cc2cc(c1)-c1cccc3[nH]c(nc13)-c1n[nH]c3ccc(cc13)-c1cncc(c1)CCC2. The largest absolute Gasteiger partial charge is 0.337 e. The second kappa shape index (κ2) is 7.14. The molecule has 0 saturated carbocycles. The molecule has 1 aliphatic rings. The molecule has 0 saturated heterocycles. The van der Waals surface area contributed by atoms with Crippen LogP contribution in [0.1, 0.15) is 17.5 Å². The molecule has 6 aromatic rings. The molecule has 0 radical (unpaired) electrons. The number of hydrogen-bond donors (Lipinski definition) is 2. The molecule has 3 aromatic carbocycles. The number of aryl methyl sites for hydroxylation is 2. The van der Waals surface area contributed by atoms with Crippen molar-refractivity contribution < 1.29 is 0 Å². The number of H-pyrrole nitrogens is 2. The van der Waals surface area contributed by atoms with Gasteiger partial charge in [0.2, 0.25) is 0 Å². The van der Waals surface area contributed by atoms with Gasteiger partial charge in [0.15, 0.2) is 5.82 Å². The number of imidazole rings is 1. The maximum Gasteiger partial charge on any atom is 0.159 e. The van der Waals surface area contributed by atoms with Gasteiger partial charge in [0.25, 0.3) is 0 Å². The monoisotopic (exact) mass is 427 g/mol. The summed E-state index contributed by atoms with van der Waals surface area (Å²) in [7, 11) is 0. The fourth-order valence-corrected chi connectivity index (χ4v) is 4.92. The molecule has 0 amide bonds. The van der Waals surface area contributed by atoms with E-state index in [0.29, 0.717) is 0 Å². The fourth-order valence-electron chi connectivity index (χ4n) is 4.92. The molecule has 0 atom stereocenters. The fraction of sp³-hybridized carbons (Fsp3) is 0.107. The van der Waals surface area contributed by atoms with Gasteiger partial charge in [-0.05, 0) is 65.8 Å². The molecule has 1 aliphatic heterocycles. The lowest BCUT2D eigenvalue weighted by Gasteiger charge is -2.08. The molecule has 5 heteroatoms. The van der Waals surface area contributed by atoms with Crippen LogP contribution >= 0.6 is 0 Å². The lowest BCUT2D eigenvalue weighted by atomic mass is 9.98. The molecule has 158 valence electrons. The number of aromatic amines is 2. The third-order valence-corrected chi connectivity index (χ3v) is 6.60. The first-order valence-corrected chi connectivity index (χ1v) is 11.3. The Labute approximate surface area is 190 Å². The highest BCUT2D eigenvalue weighted by Crippen LogP contribution is 2.33. The van der Waals surface area contributed by atoms with Crippen LogP contribution in [-0.4, -0.2) is 25.1 Å². The highest BCUT2D eigenvalue weighted by molar-refractivity contribution is 5.98. The average molecular weight is 428 g/mol. The molecule has 4 heterocycles. The minimum Gasteiger partial charge on any atom is -0.337 e. The summed E-state index contributed by atoms with van der Waals surface area (Å²) < 4.78 is 0. The Bertz CT molecular complexity index is 1660. The van der Waals surface area contributed by atoms with Crippen molar-refractivity contribution in [2.45, 2.75) is 19.3 Å². The van der Waals surface area contributed by atoms with Gasteiger partial charge in [-0.25, -0.2) is 4.98 Å². The Kier molecular flexibility index (Phi) is 3.96. The smallest absolute Gasteiger partial charge is 0.159 e. The van der Waals surface area contributed by atoms with Crippen molar-refractivity contribution in [1.82, 2.24) is 25.1 Å². The van der Waals surface area contributed by atoms with E-state index in [2.05, 4.69) is 86.9 Å². The zero-order valence-corrected chi connectivity index (χ0v) is 18.0. The van der Waals surface area contributed by atoms with Crippen LogP contribution in [0.3, 0.4) is 0 Å². The van der Waals surface area contributed by atoms with Crippen LogP contribution in [0.2, 0.25) is 0 Å². The molecular weight excluding hydrogens is 406 g/mol. The first kappa shape index (κ1) is 18.3. The molecule has 3 aromatic heterocycles. The summed E-state index contributed by atoms with van der Waals surface area (Å²) in [5, 5.41) is 8.84. The van der Waals surface area contributed by atoms with Crippen molar-refractivity contribution in [2.75, 3.05) is 0 Å². The van der Waals surface area contributed by atoms with Gasteiger partial charge in [-0.2, -0.15) is 5.10 Å². The van der Waals surface area contributed by atoms with Crippen LogP contribution in [0.4, 0.5) is 0 Å². The summed E-state index contributed by atoms with van der Waals surface area (Å²) in [6.07, 6.45) is 7.04. The van der Waals surface area contributed by atoms with Gasteiger partial charge in [0.1, 0.15) is 5.69 Å². The minimum atomic E-state index is 0.771. The van der Waals surface area contributed by atoms with Gasteiger partial charge in [0, 0.05) is 28.9 Å². The van der Waals surface area contributed by atoms with Crippen molar-refractivity contribution in [3.63, 3.8) is 0 Å². The number of pyridine rings is 1. The van der Waals surface area contributed by atoms with Crippen LogP contribution < -0.4 is 0 Å². The van der Waals surface area contributed by atoms with Gasteiger partial charge >= 0.3 is 0 Å². The summed E-state index contributed by atoms with van der Waals surface area (Å²) in [4.78, 5) is 13.1. The normalized spacial score (nSPS) is 13.1. The quantitative estimate of drug-likeness (QED) is 0.298. The Morgan fingerprint density at radius 2 is 1.64 bits per heavy atom. The van der Waals surface area contributed by atoms with Crippen LogP contribution in [0, 0.1) is 0 Å². The molecule has 0 unspecified atom stereocenters. The van der Waals surface area contributed by atoms with Gasteiger partial charge < -0.3 is 4.98 Å². The molecule has 2 N–H and O–H groups in total. The van der Waals surface area contributed by atoms with Crippen molar-refractivity contribution >= 4 is 21.9 Å². The van der Waals surface area contributed by atoms with Crippen LogP contribution in [0.15, 0.2) is 79.1 Å². The first-order valence-electron chi connectivity index (χ1n) is 11.3. The third-order valence-electron chi connectivity index (χ3n) is 6.60. The molecule has 0 fully saturated rings. The highest BCUT2D eigenvalue weighted by atomic mass is 15.1. The number of fused-ring (bicyclic) bond motifs is 9. The van der Waals surface area contributed by atoms with Crippen molar-refractivity contribution in [3.05, 3.63) is 90.3 Å². The number of rotatable bonds is 0. The lowest BCUT2D eigenvalue weighted by Crippen LogP contribution is -1.93. The molecule has 33 heavy (non-hydrogen) atoms. The Hall–Kier alpha value is -4.25. The summed E-state index contributed by atoms with van der Waals surface area (Å²) >= 11 is 0. The molecule has 5 nitrogen and oxygen atoms in total. The van der Waals surface area contributed by atoms with Gasteiger partial charge in [-0.15, -0.1) is 0 Å². The maximum absolute atomic E-state index is 5.02. The van der Waals surface area contributed by atoms with Crippen molar-refractivity contribution in [3.8, 4) is 33.8 Å². The van der Waals surface area contributed by atoms with Crippen LogP contribution in [-0.2, 0) is 12.8 Å². The van der Waals surface area contributed by atoms with Crippen LogP contribution in [0.5, 0.6) is 0 Å². The first-order chi connectivity index (χ1) is 16.3.